The van der Waals surface area contributed by atoms with Crippen LogP contribution in [-0.4, -0.2) is 25.7 Å². The molecule has 0 saturated heterocycles. The highest BCUT2D eigenvalue weighted by atomic mass is 79.9. The molecule has 2 nitrogen and oxygen atoms in total. The maximum atomic E-state index is 3.65. The van der Waals surface area contributed by atoms with Crippen LogP contribution in [-0.2, 0) is 6.42 Å². The summed E-state index contributed by atoms with van der Waals surface area (Å²) in [5, 5.41) is 0. The SMILES string of the molecule is C[N+](C)(C)NC1=C(Cc2ccc(Br)cc2)CCCC1. The van der Waals surface area contributed by atoms with Gasteiger partial charge in [0.05, 0.1) is 26.8 Å². The Morgan fingerprint density at radius 2 is 1.68 bits per heavy atom. The normalized spacial score (nSPS) is 16.6. The molecule has 0 atom stereocenters. The number of halogens is 1. The molecule has 2 rings (SSSR count). The van der Waals surface area contributed by atoms with Crippen LogP contribution >= 0.6 is 15.9 Å². The third-order valence-corrected chi connectivity index (χ3v) is 3.91. The summed E-state index contributed by atoms with van der Waals surface area (Å²) in [6, 6.07) is 8.70. The highest BCUT2D eigenvalue weighted by molar-refractivity contribution is 9.10. The van der Waals surface area contributed by atoms with Crippen molar-refractivity contribution in [2.45, 2.75) is 32.1 Å². The Morgan fingerprint density at radius 3 is 2.32 bits per heavy atom. The Bertz CT molecular complexity index is 455. The Kier molecular flexibility index (Phi) is 4.69. The molecule has 1 aromatic rings. The van der Waals surface area contributed by atoms with Crippen LogP contribution in [0.3, 0.4) is 0 Å². The number of hydrogen-bond donors (Lipinski definition) is 1. The van der Waals surface area contributed by atoms with E-state index in [4.69, 9.17) is 0 Å². The number of nitrogens with zero attached hydrogens (tertiary/aromatic N) is 1. The summed E-state index contributed by atoms with van der Waals surface area (Å²) in [6.45, 7) is 0. The van der Waals surface area contributed by atoms with Gasteiger partial charge in [-0.2, -0.15) is 0 Å². The molecule has 19 heavy (non-hydrogen) atoms. The molecule has 0 radical (unpaired) electrons. The van der Waals surface area contributed by atoms with Gasteiger partial charge in [-0.15, -0.1) is 0 Å². The minimum atomic E-state index is 0.791. The first kappa shape index (κ1) is 14.6. The minimum absolute atomic E-state index is 0.791. The number of benzene rings is 1. The summed E-state index contributed by atoms with van der Waals surface area (Å²) in [4.78, 5) is 0. The molecule has 0 saturated carbocycles. The summed E-state index contributed by atoms with van der Waals surface area (Å²) in [5.74, 6) is 0. The molecule has 104 valence electrons. The highest BCUT2D eigenvalue weighted by Gasteiger charge is 2.18. The first-order valence-corrected chi connectivity index (χ1v) is 7.78. The summed E-state index contributed by atoms with van der Waals surface area (Å²) in [7, 11) is 6.54. The van der Waals surface area contributed by atoms with Crippen LogP contribution in [0.1, 0.15) is 31.2 Å². The lowest BCUT2D eigenvalue weighted by atomic mass is 9.91. The van der Waals surface area contributed by atoms with E-state index in [1.165, 1.54) is 36.9 Å². The fourth-order valence-electron chi connectivity index (χ4n) is 2.55. The van der Waals surface area contributed by atoms with E-state index in [1.54, 1.807) is 5.57 Å². The molecule has 1 aliphatic carbocycles. The van der Waals surface area contributed by atoms with Crippen molar-refractivity contribution >= 4 is 15.9 Å². The number of hydrogen-bond acceptors (Lipinski definition) is 1. The molecule has 1 N–H and O–H groups in total. The molecule has 0 heterocycles. The van der Waals surface area contributed by atoms with Gasteiger partial charge in [-0.1, -0.05) is 28.1 Å². The Morgan fingerprint density at radius 1 is 1.05 bits per heavy atom. The Labute approximate surface area is 125 Å². The van der Waals surface area contributed by atoms with E-state index in [2.05, 4.69) is 66.8 Å². The molecule has 0 amide bonds. The molecule has 0 fully saturated rings. The average Bonchev–Trinajstić information content (AvgIpc) is 2.33. The lowest BCUT2D eigenvalue weighted by Gasteiger charge is -2.30. The van der Waals surface area contributed by atoms with Gasteiger partial charge >= 0.3 is 0 Å². The maximum absolute atomic E-state index is 3.65. The lowest BCUT2D eigenvalue weighted by molar-refractivity contribution is -0.911. The molecular weight excluding hydrogens is 300 g/mol. The molecule has 0 aliphatic heterocycles. The first-order valence-electron chi connectivity index (χ1n) is 6.99. The Hall–Kier alpha value is -0.800. The van der Waals surface area contributed by atoms with E-state index in [-0.39, 0.29) is 0 Å². The van der Waals surface area contributed by atoms with Gasteiger partial charge in [0.1, 0.15) is 0 Å². The highest BCUT2D eigenvalue weighted by Crippen LogP contribution is 2.27. The first-order chi connectivity index (χ1) is 8.94. The smallest absolute Gasteiger partial charge is 0.0902 e. The topological polar surface area (TPSA) is 12.0 Å². The van der Waals surface area contributed by atoms with Crippen molar-refractivity contribution < 1.29 is 4.59 Å². The van der Waals surface area contributed by atoms with Gasteiger partial charge < -0.3 is 0 Å². The van der Waals surface area contributed by atoms with E-state index in [1.807, 2.05) is 0 Å². The summed E-state index contributed by atoms with van der Waals surface area (Å²) >= 11 is 3.50. The van der Waals surface area contributed by atoms with Gasteiger partial charge in [0, 0.05) is 4.47 Å². The summed E-state index contributed by atoms with van der Waals surface area (Å²) < 4.78 is 1.94. The molecular formula is C16H24BrN2+. The zero-order chi connectivity index (χ0) is 13.9. The van der Waals surface area contributed by atoms with Crippen LogP contribution in [0.2, 0.25) is 0 Å². The molecule has 0 aromatic heterocycles. The largest absolute Gasteiger partial charge is 0.241 e. The molecule has 1 aliphatic rings. The van der Waals surface area contributed by atoms with E-state index in [0.29, 0.717) is 0 Å². The van der Waals surface area contributed by atoms with Crippen LogP contribution in [0, 0.1) is 0 Å². The summed E-state index contributed by atoms with van der Waals surface area (Å²) in [5.41, 5.74) is 8.10. The van der Waals surface area contributed by atoms with Crippen LogP contribution < -0.4 is 5.43 Å². The lowest BCUT2D eigenvalue weighted by Crippen LogP contribution is -2.48. The second-order valence-corrected chi connectivity index (χ2v) is 7.13. The maximum Gasteiger partial charge on any atom is 0.0902 e. The number of nitrogens with one attached hydrogen (secondary N) is 1. The molecule has 0 unspecified atom stereocenters. The third-order valence-electron chi connectivity index (χ3n) is 3.38. The van der Waals surface area contributed by atoms with Crippen molar-refractivity contribution in [2.24, 2.45) is 0 Å². The van der Waals surface area contributed by atoms with Crippen LogP contribution in [0.4, 0.5) is 0 Å². The molecule has 0 spiro atoms. The second-order valence-electron chi connectivity index (χ2n) is 6.22. The van der Waals surface area contributed by atoms with Gasteiger partial charge in [0.15, 0.2) is 0 Å². The van der Waals surface area contributed by atoms with Crippen molar-refractivity contribution in [3.8, 4) is 0 Å². The minimum Gasteiger partial charge on any atom is -0.241 e. The number of quaternary nitrogens is 1. The zero-order valence-electron chi connectivity index (χ0n) is 12.2. The summed E-state index contributed by atoms with van der Waals surface area (Å²) in [6.07, 6.45) is 6.15. The molecule has 3 heteroatoms. The van der Waals surface area contributed by atoms with Gasteiger partial charge in [-0.05, 0) is 55.4 Å². The predicted octanol–water partition coefficient (Wildman–Crippen LogP) is 4.03. The van der Waals surface area contributed by atoms with Gasteiger partial charge in [-0.3, -0.25) is 0 Å². The van der Waals surface area contributed by atoms with Crippen molar-refractivity contribution in [1.82, 2.24) is 5.43 Å². The van der Waals surface area contributed by atoms with Gasteiger partial charge in [-0.25, -0.2) is 10.0 Å². The van der Waals surface area contributed by atoms with E-state index >= 15 is 0 Å². The number of allylic oxidation sites excluding steroid dienone is 2. The van der Waals surface area contributed by atoms with Gasteiger partial charge in [0.25, 0.3) is 0 Å². The Balaban J connectivity index is 2.16. The van der Waals surface area contributed by atoms with Crippen LogP contribution in [0.25, 0.3) is 0 Å². The predicted molar refractivity (Wildman–Crippen MR) is 84.5 cm³/mol. The van der Waals surface area contributed by atoms with Crippen LogP contribution in [0.5, 0.6) is 0 Å². The zero-order valence-corrected chi connectivity index (χ0v) is 13.8. The van der Waals surface area contributed by atoms with E-state index < -0.39 is 0 Å². The second kappa shape index (κ2) is 6.10. The standard InChI is InChI=1S/C16H24BrN2/c1-19(2,3)18-16-7-5-4-6-14(16)12-13-8-10-15(17)11-9-13/h8-11,18H,4-7,12H2,1-3H3/q+1. The quantitative estimate of drug-likeness (QED) is 0.651. The van der Waals surface area contributed by atoms with Gasteiger partial charge in [0.2, 0.25) is 0 Å². The van der Waals surface area contributed by atoms with Crippen molar-refractivity contribution in [3.05, 3.63) is 45.6 Å². The van der Waals surface area contributed by atoms with Crippen molar-refractivity contribution in [2.75, 3.05) is 21.1 Å². The van der Waals surface area contributed by atoms with Crippen LogP contribution in [0.15, 0.2) is 40.0 Å². The number of rotatable bonds is 4. The van der Waals surface area contributed by atoms with Crippen molar-refractivity contribution in [1.29, 1.82) is 0 Å². The van der Waals surface area contributed by atoms with E-state index in [9.17, 15) is 0 Å². The monoisotopic (exact) mass is 323 g/mol. The molecule has 1 aromatic carbocycles. The fourth-order valence-corrected chi connectivity index (χ4v) is 2.82. The van der Waals surface area contributed by atoms with Crippen molar-refractivity contribution in [3.63, 3.8) is 0 Å². The average molecular weight is 324 g/mol. The fraction of sp³-hybridized carbons (Fsp3) is 0.500. The third kappa shape index (κ3) is 4.66. The van der Waals surface area contributed by atoms with E-state index in [0.717, 1.165) is 15.5 Å². The molecule has 0 bridgehead atoms.